The highest BCUT2D eigenvalue weighted by atomic mass is 35.5. The summed E-state index contributed by atoms with van der Waals surface area (Å²) in [5.74, 6) is 0.954. The van der Waals surface area contributed by atoms with E-state index in [9.17, 15) is 5.11 Å². The Labute approximate surface area is 199 Å². The first kappa shape index (κ1) is 30.2. The summed E-state index contributed by atoms with van der Waals surface area (Å²) in [6.45, 7) is 13.2. The summed E-state index contributed by atoms with van der Waals surface area (Å²) in [4.78, 5) is 0. The monoisotopic (exact) mass is 455 g/mol. The Hall–Kier alpha value is -0.770. The van der Waals surface area contributed by atoms with Gasteiger partial charge in [-0.05, 0) is 45.2 Å². The lowest BCUT2D eigenvalue weighted by atomic mass is 10.0. The van der Waals surface area contributed by atoms with Crippen LogP contribution in [0.25, 0.3) is 0 Å². The molecule has 4 heteroatoms. The maximum atomic E-state index is 10.6. The first-order valence-corrected chi connectivity index (χ1v) is 12.8. The van der Waals surface area contributed by atoms with Crippen LogP contribution in [0.5, 0.6) is 5.75 Å². The van der Waals surface area contributed by atoms with Gasteiger partial charge in [-0.2, -0.15) is 0 Å². The Morgan fingerprint density at radius 2 is 1.29 bits per heavy atom. The summed E-state index contributed by atoms with van der Waals surface area (Å²) in [6, 6.07) is 8.37. The number of likely N-dealkylation sites (N-methyl/N-ethyl adjacent to an activating group) is 1. The number of rotatable bonds is 19. The molecular weight excluding hydrogens is 406 g/mol. The van der Waals surface area contributed by atoms with Crippen molar-refractivity contribution in [2.45, 2.75) is 104 Å². The Bertz CT molecular complexity index is 525. The summed E-state index contributed by atoms with van der Waals surface area (Å²) in [5.41, 5.74) is 1.28. The zero-order valence-corrected chi connectivity index (χ0v) is 21.6. The fourth-order valence-corrected chi connectivity index (χ4v) is 4.40. The van der Waals surface area contributed by atoms with Gasteiger partial charge in [-0.15, -0.1) is 0 Å². The highest BCUT2D eigenvalue weighted by Crippen LogP contribution is 2.21. The van der Waals surface area contributed by atoms with Gasteiger partial charge in [-0.3, -0.25) is 0 Å². The van der Waals surface area contributed by atoms with Crippen LogP contribution in [0.15, 0.2) is 24.3 Å². The first-order valence-electron chi connectivity index (χ1n) is 12.8. The van der Waals surface area contributed by atoms with Gasteiger partial charge >= 0.3 is 0 Å². The zero-order chi connectivity index (χ0) is 22.1. The van der Waals surface area contributed by atoms with E-state index in [4.69, 9.17) is 4.74 Å². The normalized spacial score (nSPS) is 12.4. The molecule has 0 aliphatic rings. The molecule has 0 aliphatic heterocycles. The lowest BCUT2D eigenvalue weighted by molar-refractivity contribution is -0.926. The Balaban J connectivity index is 0.00000900. The number of para-hydroxylation sites is 1. The molecule has 31 heavy (non-hydrogen) atoms. The SMILES string of the molecule is CCCCCCCCCCCCc1ccccc1OCC(O)C[N+](CC)(CC)CC.[Cl-]. The molecule has 1 rings (SSSR count). The molecule has 0 fully saturated rings. The number of hydrogen-bond acceptors (Lipinski definition) is 2. The van der Waals surface area contributed by atoms with Crippen LogP contribution in [0.4, 0.5) is 0 Å². The second-order valence-electron chi connectivity index (χ2n) is 8.98. The Morgan fingerprint density at radius 3 is 1.84 bits per heavy atom. The number of aliphatic hydroxyl groups excluding tert-OH is 1. The average molecular weight is 456 g/mol. The molecule has 3 nitrogen and oxygen atoms in total. The minimum atomic E-state index is -0.421. The van der Waals surface area contributed by atoms with E-state index in [2.05, 4.69) is 45.9 Å². The van der Waals surface area contributed by atoms with Gasteiger partial charge in [0, 0.05) is 0 Å². The van der Waals surface area contributed by atoms with Gasteiger partial charge in [0.05, 0.1) is 19.6 Å². The van der Waals surface area contributed by atoms with Crippen molar-refractivity contribution >= 4 is 0 Å². The standard InChI is InChI=1S/C27H50NO2.ClH/c1-5-9-10-11-12-13-14-15-16-17-20-25-21-18-19-22-27(25)30-24-26(29)23-28(6-2,7-3)8-4;/h18-19,21-22,26,29H,5-17,20,23-24H2,1-4H3;1H/q+1;/p-1. The van der Waals surface area contributed by atoms with Crippen LogP contribution in [0, 0.1) is 0 Å². The summed E-state index contributed by atoms with van der Waals surface area (Å²) < 4.78 is 7.01. The molecule has 0 spiro atoms. The average Bonchev–Trinajstić information content (AvgIpc) is 2.78. The molecule has 0 amide bonds. The molecule has 182 valence electrons. The van der Waals surface area contributed by atoms with Crippen LogP contribution in [0.3, 0.4) is 0 Å². The van der Waals surface area contributed by atoms with Crippen molar-refractivity contribution in [2.75, 3.05) is 32.8 Å². The molecule has 0 radical (unpaired) electrons. The van der Waals surface area contributed by atoms with Gasteiger partial charge in [0.25, 0.3) is 0 Å². The van der Waals surface area contributed by atoms with Crippen molar-refractivity contribution in [2.24, 2.45) is 0 Å². The predicted molar refractivity (Wildman–Crippen MR) is 130 cm³/mol. The highest BCUT2D eigenvalue weighted by molar-refractivity contribution is 5.33. The fraction of sp³-hybridized carbons (Fsp3) is 0.778. The Kier molecular flexibility index (Phi) is 18.3. The van der Waals surface area contributed by atoms with E-state index in [1.807, 2.05) is 6.07 Å². The largest absolute Gasteiger partial charge is 1.00 e. The van der Waals surface area contributed by atoms with Crippen LogP contribution >= 0.6 is 0 Å². The zero-order valence-electron chi connectivity index (χ0n) is 20.9. The fourth-order valence-electron chi connectivity index (χ4n) is 4.40. The molecule has 0 bridgehead atoms. The van der Waals surface area contributed by atoms with Crippen molar-refractivity contribution in [3.63, 3.8) is 0 Å². The number of halogens is 1. The van der Waals surface area contributed by atoms with Crippen LogP contribution < -0.4 is 17.1 Å². The van der Waals surface area contributed by atoms with E-state index in [0.29, 0.717) is 6.61 Å². The molecule has 1 unspecified atom stereocenters. The van der Waals surface area contributed by atoms with Crippen molar-refractivity contribution < 1.29 is 26.7 Å². The van der Waals surface area contributed by atoms with Gasteiger partial charge in [-0.25, -0.2) is 0 Å². The second kappa shape index (κ2) is 18.8. The van der Waals surface area contributed by atoms with Gasteiger partial charge in [-0.1, -0.05) is 82.9 Å². The number of quaternary nitrogens is 1. The number of unbranched alkanes of at least 4 members (excludes halogenated alkanes) is 9. The van der Waals surface area contributed by atoms with Crippen molar-refractivity contribution in [1.82, 2.24) is 0 Å². The van der Waals surface area contributed by atoms with Crippen LogP contribution in [0.1, 0.15) is 97.5 Å². The van der Waals surface area contributed by atoms with Crippen LogP contribution in [0.2, 0.25) is 0 Å². The van der Waals surface area contributed by atoms with Crippen molar-refractivity contribution in [1.29, 1.82) is 0 Å². The van der Waals surface area contributed by atoms with Gasteiger partial charge < -0.3 is 26.7 Å². The van der Waals surface area contributed by atoms with Crippen molar-refractivity contribution in [3.05, 3.63) is 29.8 Å². The molecule has 1 atom stereocenters. The minimum absolute atomic E-state index is 0. The lowest BCUT2D eigenvalue weighted by Gasteiger charge is -2.37. The molecular formula is C27H50ClNO2. The predicted octanol–water partition coefficient (Wildman–Crippen LogP) is 3.77. The summed E-state index contributed by atoms with van der Waals surface area (Å²) in [5, 5.41) is 10.6. The van der Waals surface area contributed by atoms with E-state index in [-0.39, 0.29) is 12.4 Å². The quantitative estimate of drug-likeness (QED) is 0.254. The van der Waals surface area contributed by atoms with Gasteiger partial charge in [0.15, 0.2) is 0 Å². The molecule has 0 saturated carbocycles. The smallest absolute Gasteiger partial charge is 0.137 e. The molecule has 0 heterocycles. The number of aliphatic hydroxyl groups is 1. The molecule has 0 saturated heterocycles. The summed E-state index contributed by atoms with van der Waals surface area (Å²) >= 11 is 0. The number of hydrogen-bond donors (Lipinski definition) is 1. The van der Waals surface area contributed by atoms with E-state index >= 15 is 0 Å². The topological polar surface area (TPSA) is 29.5 Å². The van der Waals surface area contributed by atoms with Gasteiger partial charge in [0.1, 0.15) is 25.0 Å². The van der Waals surface area contributed by atoms with E-state index < -0.39 is 6.10 Å². The summed E-state index contributed by atoms with van der Waals surface area (Å²) in [7, 11) is 0. The molecule has 1 aromatic rings. The molecule has 1 aromatic carbocycles. The van der Waals surface area contributed by atoms with Crippen molar-refractivity contribution in [3.8, 4) is 5.75 Å². The van der Waals surface area contributed by atoms with Gasteiger partial charge in [0.2, 0.25) is 0 Å². The van der Waals surface area contributed by atoms with E-state index in [0.717, 1.165) is 42.8 Å². The third-order valence-corrected chi connectivity index (χ3v) is 6.81. The molecule has 0 aromatic heterocycles. The number of ether oxygens (including phenoxy) is 1. The first-order chi connectivity index (χ1) is 14.6. The maximum absolute atomic E-state index is 10.6. The molecule has 1 N–H and O–H groups in total. The van der Waals surface area contributed by atoms with Crippen LogP contribution in [-0.4, -0.2) is 48.5 Å². The minimum Gasteiger partial charge on any atom is -1.00 e. The molecule has 0 aliphatic carbocycles. The third kappa shape index (κ3) is 12.7. The maximum Gasteiger partial charge on any atom is 0.137 e. The van der Waals surface area contributed by atoms with E-state index in [1.165, 1.54) is 69.8 Å². The number of benzene rings is 1. The van der Waals surface area contributed by atoms with E-state index in [1.54, 1.807) is 0 Å². The number of aryl methyl sites for hydroxylation is 1. The van der Waals surface area contributed by atoms with Crippen LogP contribution in [-0.2, 0) is 6.42 Å². The number of nitrogens with zero attached hydrogens (tertiary/aromatic N) is 1. The Morgan fingerprint density at radius 1 is 0.774 bits per heavy atom. The second-order valence-corrected chi connectivity index (χ2v) is 8.98. The summed E-state index contributed by atoms with van der Waals surface area (Å²) in [6.07, 6.45) is 14.3. The lowest BCUT2D eigenvalue weighted by Crippen LogP contribution is -3.00. The third-order valence-electron chi connectivity index (χ3n) is 6.81. The highest BCUT2D eigenvalue weighted by Gasteiger charge is 2.25.